The van der Waals surface area contributed by atoms with Gasteiger partial charge in [-0.2, -0.15) is 0 Å². The lowest BCUT2D eigenvalue weighted by atomic mass is 10.2. The maximum atomic E-state index is 11.5. The van der Waals surface area contributed by atoms with Gasteiger partial charge in [0.2, 0.25) is 10.0 Å². The molecule has 0 aromatic heterocycles. The number of ether oxygens (including phenoxy) is 1. The van der Waals surface area contributed by atoms with Crippen LogP contribution in [0, 0.1) is 0 Å². The van der Waals surface area contributed by atoms with Crippen LogP contribution >= 0.6 is 0 Å². The summed E-state index contributed by atoms with van der Waals surface area (Å²) in [6, 6.07) is 14.9. The molecule has 6 heteroatoms. The van der Waals surface area contributed by atoms with E-state index in [1.54, 1.807) is 26.2 Å². The Hall–Kier alpha value is -2.21. The Morgan fingerprint density at radius 2 is 1.64 bits per heavy atom. The Balaban J connectivity index is 2.00. The van der Waals surface area contributed by atoms with E-state index >= 15 is 0 Å². The molecule has 0 radical (unpaired) electrons. The molecule has 0 aliphatic heterocycles. The fraction of sp³-hybridized carbons (Fsp3) is 0.250. The third kappa shape index (κ3) is 4.39. The topological polar surface area (TPSA) is 67.4 Å². The highest BCUT2D eigenvalue weighted by Gasteiger charge is 2.06. The van der Waals surface area contributed by atoms with E-state index in [0.29, 0.717) is 12.2 Å². The van der Waals surface area contributed by atoms with Gasteiger partial charge in [-0.25, -0.2) is 8.42 Å². The number of hydrogen-bond donors (Lipinski definition) is 2. The number of sulfonamides is 1. The van der Waals surface area contributed by atoms with Gasteiger partial charge in [-0.05, 0) is 37.3 Å². The lowest BCUT2D eigenvalue weighted by Gasteiger charge is -2.11. The van der Waals surface area contributed by atoms with E-state index in [0.717, 1.165) is 17.0 Å². The van der Waals surface area contributed by atoms with Gasteiger partial charge in [0.1, 0.15) is 5.75 Å². The average molecular weight is 320 g/mol. The summed E-state index contributed by atoms with van der Waals surface area (Å²) in [7, 11) is -1.59. The molecule has 0 spiro atoms. The van der Waals surface area contributed by atoms with Crippen LogP contribution in [0.25, 0.3) is 0 Å². The zero-order valence-electron chi connectivity index (χ0n) is 12.7. The van der Waals surface area contributed by atoms with Crippen molar-refractivity contribution in [1.29, 1.82) is 0 Å². The van der Waals surface area contributed by atoms with Crippen molar-refractivity contribution < 1.29 is 13.2 Å². The molecule has 2 N–H and O–H groups in total. The first-order valence-electron chi connectivity index (χ1n) is 7.00. The minimum Gasteiger partial charge on any atom is -0.496 e. The van der Waals surface area contributed by atoms with Crippen LogP contribution in [0.3, 0.4) is 0 Å². The van der Waals surface area contributed by atoms with Crippen LogP contribution in [0.5, 0.6) is 5.75 Å². The van der Waals surface area contributed by atoms with Gasteiger partial charge in [-0.15, -0.1) is 0 Å². The monoisotopic (exact) mass is 320 g/mol. The molecule has 0 saturated carbocycles. The number of anilines is 2. The third-order valence-corrected chi connectivity index (χ3v) is 4.52. The predicted molar refractivity (Wildman–Crippen MR) is 89.8 cm³/mol. The highest BCUT2D eigenvalue weighted by Crippen LogP contribution is 2.20. The van der Waals surface area contributed by atoms with Crippen molar-refractivity contribution in [2.75, 3.05) is 22.9 Å². The highest BCUT2D eigenvalue weighted by atomic mass is 32.2. The number of nitrogens with one attached hydrogen (secondary N) is 2. The van der Waals surface area contributed by atoms with Crippen LogP contribution in [0.2, 0.25) is 0 Å². The quantitative estimate of drug-likeness (QED) is 0.823. The molecule has 0 aliphatic rings. The van der Waals surface area contributed by atoms with Crippen LogP contribution in [0.1, 0.15) is 12.5 Å². The first-order chi connectivity index (χ1) is 10.5. The van der Waals surface area contributed by atoms with Gasteiger partial charge < -0.3 is 10.1 Å². The second kappa shape index (κ2) is 7.17. The molecule has 0 amide bonds. The number of methoxy groups -OCH3 is 1. The predicted octanol–water partition coefficient (Wildman–Crippen LogP) is 3.07. The summed E-state index contributed by atoms with van der Waals surface area (Å²) in [6.45, 7) is 2.23. The van der Waals surface area contributed by atoms with Crippen molar-refractivity contribution >= 4 is 21.4 Å². The lowest BCUT2D eigenvalue weighted by molar-refractivity contribution is 0.410. The van der Waals surface area contributed by atoms with Gasteiger partial charge in [0.25, 0.3) is 0 Å². The maximum absolute atomic E-state index is 11.5. The van der Waals surface area contributed by atoms with Crippen LogP contribution in [0.15, 0.2) is 48.5 Å². The Morgan fingerprint density at radius 1 is 1.00 bits per heavy atom. The molecule has 118 valence electrons. The van der Waals surface area contributed by atoms with Gasteiger partial charge in [0.05, 0.1) is 12.9 Å². The fourth-order valence-corrected chi connectivity index (χ4v) is 2.59. The maximum Gasteiger partial charge on any atom is 0.232 e. The second-order valence-electron chi connectivity index (χ2n) is 4.75. The van der Waals surface area contributed by atoms with Crippen molar-refractivity contribution in [3.8, 4) is 5.75 Å². The summed E-state index contributed by atoms with van der Waals surface area (Å²) in [5, 5.41) is 3.28. The molecule has 0 heterocycles. The molecule has 0 atom stereocenters. The van der Waals surface area contributed by atoms with Gasteiger partial charge in [0.15, 0.2) is 0 Å². The minimum absolute atomic E-state index is 0.0564. The molecule has 0 saturated heterocycles. The fourth-order valence-electron chi connectivity index (χ4n) is 1.95. The van der Waals surface area contributed by atoms with E-state index in [1.165, 1.54) is 0 Å². The van der Waals surface area contributed by atoms with Crippen LogP contribution in [-0.4, -0.2) is 21.3 Å². The van der Waals surface area contributed by atoms with Gasteiger partial charge >= 0.3 is 0 Å². The summed E-state index contributed by atoms with van der Waals surface area (Å²) in [5.41, 5.74) is 2.52. The van der Waals surface area contributed by atoms with Crippen molar-refractivity contribution in [2.24, 2.45) is 0 Å². The largest absolute Gasteiger partial charge is 0.496 e. The van der Waals surface area contributed by atoms with Crippen molar-refractivity contribution in [3.05, 3.63) is 54.1 Å². The average Bonchev–Trinajstić information content (AvgIpc) is 2.54. The molecular formula is C16H20N2O3S. The number of benzene rings is 2. The first kappa shape index (κ1) is 16.2. The summed E-state index contributed by atoms with van der Waals surface area (Å²) < 4.78 is 30.8. The third-order valence-electron chi connectivity index (χ3n) is 3.21. The Morgan fingerprint density at radius 3 is 2.27 bits per heavy atom. The Labute approximate surface area is 131 Å². The van der Waals surface area contributed by atoms with E-state index in [-0.39, 0.29) is 5.75 Å². The Kier molecular flexibility index (Phi) is 5.27. The zero-order chi connectivity index (χ0) is 16.0. The number of hydrogen-bond acceptors (Lipinski definition) is 4. The zero-order valence-corrected chi connectivity index (χ0v) is 13.5. The smallest absolute Gasteiger partial charge is 0.232 e. The molecular weight excluding hydrogens is 300 g/mol. The van der Waals surface area contributed by atoms with Gasteiger partial charge in [0, 0.05) is 23.5 Å². The van der Waals surface area contributed by atoms with Crippen molar-refractivity contribution in [2.45, 2.75) is 13.5 Å². The molecule has 0 unspecified atom stereocenters. The van der Waals surface area contributed by atoms with E-state index in [4.69, 9.17) is 4.74 Å². The summed E-state index contributed by atoms with van der Waals surface area (Å²) in [6.07, 6.45) is 0. The first-order valence-corrected chi connectivity index (χ1v) is 8.65. The van der Waals surface area contributed by atoms with Gasteiger partial charge in [-0.1, -0.05) is 18.2 Å². The number of para-hydroxylation sites is 1. The van der Waals surface area contributed by atoms with Crippen LogP contribution < -0.4 is 14.8 Å². The summed E-state index contributed by atoms with van der Waals surface area (Å²) in [5.74, 6) is 0.892. The van der Waals surface area contributed by atoms with Crippen molar-refractivity contribution in [1.82, 2.24) is 0 Å². The highest BCUT2D eigenvalue weighted by molar-refractivity contribution is 7.92. The molecule has 0 aliphatic carbocycles. The molecule has 0 fully saturated rings. The minimum atomic E-state index is -3.24. The molecule has 2 rings (SSSR count). The standard InChI is InChI=1S/C16H20N2O3S/c1-3-22(19,20)18-15-10-8-14(9-11-15)17-12-13-6-4-5-7-16(13)21-2/h4-11,17-18H,3,12H2,1-2H3. The summed E-state index contributed by atoms with van der Waals surface area (Å²) in [4.78, 5) is 0. The van der Waals surface area contributed by atoms with E-state index in [9.17, 15) is 8.42 Å². The SMILES string of the molecule is CCS(=O)(=O)Nc1ccc(NCc2ccccc2OC)cc1. The van der Waals surface area contributed by atoms with E-state index < -0.39 is 10.0 Å². The molecule has 2 aromatic rings. The lowest BCUT2D eigenvalue weighted by Crippen LogP contribution is -2.14. The molecule has 2 aromatic carbocycles. The summed E-state index contributed by atoms with van der Waals surface area (Å²) >= 11 is 0. The Bertz CT molecular complexity index is 712. The molecule has 22 heavy (non-hydrogen) atoms. The van der Waals surface area contributed by atoms with Crippen LogP contribution in [-0.2, 0) is 16.6 Å². The number of rotatable bonds is 7. The van der Waals surface area contributed by atoms with Crippen molar-refractivity contribution in [3.63, 3.8) is 0 Å². The second-order valence-corrected chi connectivity index (χ2v) is 6.76. The van der Waals surface area contributed by atoms with Crippen LogP contribution in [0.4, 0.5) is 11.4 Å². The van der Waals surface area contributed by atoms with E-state index in [2.05, 4.69) is 10.0 Å². The normalized spacial score (nSPS) is 11.0. The molecule has 5 nitrogen and oxygen atoms in total. The van der Waals surface area contributed by atoms with Gasteiger partial charge in [-0.3, -0.25) is 4.72 Å². The van der Waals surface area contributed by atoms with E-state index in [1.807, 2.05) is 36.4 Å². The molecule has 0 bridgehead atoms.